The molecule has 7 rings (SSSR count). The van der Waals surface area contributed by atoms with Crippen LogP contribution in [0.3, 0.4) is 0 Å². The largest absolute Gasteiger partial charge is 0.445 e. The average molecular weight is 1830 g/mol. The predicted molar refractivity (Wildman–Crippen MR) is 494 cm³/mol. The number of fused-ring (bicyclic) bond motifs is 5. The lowest BCUT2D eigenvalue weighted by molar-refractivity contribution is -0.148. The number of para-hydroxylation sites is 1. The molecule has 4 aromatic carbocycles. The first-order chi connectivity index (χ1) is 62.4. The number of aliphatic hydroxyl groups excluding tert-OH is 1. The van der Waals surface area contributed by atoms with Crippen LogP contribution in [0, 0.1) is 35.0 Å². The van der Waals surface area contributed by atoms with Gasteiger partial charge in [0.15, 0.2) is 0 Å². The van der Waals surface area contributed by atoms with Gasteiger partial charge in [-0.05, 0) is 96.6 Å². The van der Waals surface area contributed by atoms with E-state index in [2.05, 4.69) is 52.8 Å². The van der Waals surface area contributed by atoms with Crippen LogP contribution < -0.4 is 53.2 Å². The number of nitrogens with two attached hydrogens (primary N) is 1. The Morgan fingerprint density at radius 2 is 1.24 bits per heavy atom. The van der Waals surface area contributed by atoms with Crippen LogP contribution in [0.1, 0.15) is 171 Å². The van der Waals surface area contributed by atoms with E-state index in [1.165, 1.54) is 26.2 Å². The highest BCUT2D eigenvalue weighted by Crippen LogP contribution is 2.42. The van der Waals surface area contributed by atoms with Gasteiger partial charge in [-0.2, -0.15) is 0 Å². The van der Waals surface area contributed by atoms with Crippen molar-refractivity contribution in [3.05, 3.63) is 120 Å². The van der Waals surface area contributed by atoms with Crippen LogP contribution in [0.4, 0.5) is 21.0 Å². The van der Waals surface area contributed by atoms with Gasteiger partial charge in [-0.25, -0.2) is 14.3 Å². The van der Waals surface area contributed by atoms with E-state index >= 15 is 0 Å². The Morgan fingerprint density at radius 3 is 1.85 bits per heavy atom. The van der Waals surface area contributed by atoms with Crippen molar-refractivity contribution >= 4 is 82.6 Å². The maximum absolute atomic E-state index is 14.9. The minimum absolute atomic E-state index is 0.0193. The third-order valence-corrected chi connectivity index (χ3v) is 23.5. The van der Waals surface area contributed by atoms with Crippen LogP contribution in [0.2, 0.25) is 0 Å². The highest BCUT2D eigenvalue weighted by Gasteiger charge is 2.45. The number of nitrogens with zero attached hydrogens (tertiary/aromatic N) is 7. The summed E-state index contributed by atoms with van der Waals surface area (Å²) in [6.07, 6.45) is -1.39. The zero-order chi connectivity index (χ0) is 96.2. The molecule has 36 heteroatoms. The number of hydrogen-bond donors (Lipinski definition) is 10. The number of hydrogen-bond acceptors (Lipinski definition) is 22. The predicted octanol–water partition coefficient (Wildman–Crippen LogP) is 7.58. The van der Waals surface area contributed by atoms with E-state index in [1.54, 1.807) is 118 Å². The number of ether oxygens (including phenoxy) is 7. The second kappa shape index (κ2) is 53.5. The Bertz CT molecular complexity index is 4530. The lowest BCUT2D eigenvalue weighted by atomic mass is 9.89. The topological polar surface area (TPSA) is 456 Å². The maximum Gasteiger partial charge on any atom is 0.410 e. The lowest BCUT2D eigenvalue weighted by Gasteiger charge is -2.41. The molecule has 1 aromatic heterocycles. The number of primary amides is 1. The number of likely N-dealkylation sites (tertiary alicyclic amines) is 1. The van der Waals surface area contributed by atoms with Gasteiger partial charge in [0.25, 0.3) is 0 Å². The van der Waals surface area contributed by atoms with Crippen LogP contribution in [-0.4, -0.2) is 268 Å². The first-order valence-electron chi connectivity index (χ1n) is 45.5. The Morgan fingerprint density at radius 1 is 0.611 bits per heavy atom. The summed E-state index contributed by atoms with van der Waals surface area (Å²) in [6.45, 7) is 27.0. The first-order valence-corrected chi connectivity index (χ1v) is 45.5. The molecule has 131 heavy (non-hydrogen) atoms. The maximum atomic E-state index is 14.9. The molecular weight excluding hydrogens is 1690 g/mol. The smallest absolute Gasteiger partial charge is 0.410 e. The third-order valence-electron chi connectivity index (χ3n) is 23.5. The van der Waals surface area contributed by atoms with Crippen LogP contribution in [0.15, 0.2) is 103 Å². The third kappa shape index (κ3) is 32.7. The van der Waals surface area contributed by atoms with Gasteiger partial charge in [0.05, 0.1) is 120 Å². The van der Waals surface area contributed by atoms with Crippen molar-refractivity contribution in [2.24, 2.45) is 40.7 Å². The summed E-state index contributed by atoms with van der Waals surface area (Å²) in [6, 6.07) is 23.6. The fourth-order valence-corrected chi connectivity index (χ4v) is 16.0. The summed E-state index contributed by atoms with van der Waals surface area (Å²) in [5.41, 5.74) is 10.8. The van der Waals surface area contributed by atoms with E-state index in [4.69, 9.17) is 38.9 Å². The number of rotatable bonds is 53. The van der Waals surface area contributed by atoms with Crippen LogP contribution in [0.5, 0.6) is 0 Å². The van der Waals surface area contributed by atoms with Gasteiger partial charge in [0.1, 0.15) is 43.0 Å². The van der Waals surface area contributed by atoms with Crippen LogP contribution in [-0.2, 0) is 101 Å². The van der Waals surface area contributed by atoms with E-state index in [0.717, 1.165) is 11.1 Å². The zero-order valence-electron chi connectivity index (χ0n) is 79.4. The SMILES string of the molecule is CC[C@H](C)[C@@H]([C@@H](CC(=O)N1CCC[C@H]1[C@H](OC)[C@@H](C)C(=O)N[C@H](C)[C@@H](O)c1ccccc1)OC)N(C)C(=O)[C@@H](NC(=O)[C@H](C(C)C)N(C)C(=O)OCc1ccc(NC(=O)[C@H](CCCNC(N)=O)NC(=O)[C@@H](NC(=O)CCOCCOCCOCCOCCNC(=O)CCC(=O)N2Cc3ccccc3-c3c(nnn3CC(=O)NCC(C)(C)C)-c3ccccc32)C(C)C)cc1)C(C)C. The minimum atomic E-state index is -1.15. The van der Waals surface area contributed by atoms with Crippen molar-refractivity contribution < 1.29 is 95.8 Å². The number of aromatic nitrogens is 3. The number of amides is 13. The number of carbonyl (C=O) groups excluding carboxylic acids is 12. The van der Waals surface area contributed by atoms with Crippen molar-refractivity contribution in [1.82, 2.24) is 66.9 Å². The summed E-state index contributed by atoms with van der Waals surface area (Å²) in [5, 5.41) is 42.5. The molecular formula is C95H142N16O20. The quantitative estimate of drug-likeness (QED) is 0.0168. The molecule has 36 nitrogen and oxygen atoms in total. The summed E-state index contributed by atoms with van der Waals surface area (Å²) < 4.78 is 41.9. The molecule has 0 spiro atoms. The minimum Gasteiger partial charge on any atom is -0.445 e. The molecule has 1 fully saturated rings. The number of urea groups is 1. The van der Waals surface area contributed by atoms with Crippen molar-refractivity contribution in [2.45, 2.75) is 228 Å². The van der Waals surface area contributed by atoms with Gasteiger partial charge in [-0.3, -0.25) is 52.8 Å². The molecule has 5 aromatic rings. The Balaban J connectivity index is 0.793. The number of anilines is 2. The Labute approximate surface area is 770 Å². The second-order valence-corrected chi connectivity index (χ2v) is 35.8. The molecule has 722 valence electrons. The molecule has 0 aliphatic carbocycles. The number of methoxy groups -OCH3 is 2. The van der Waals surface area contributed by atoms with Crippen LogP contribution in [0.25, 0.3) is 22.5 Å². The summed E-state index contributed by atoms with van der Waals surface area (Å²) in [7, 11) is 6.07. The number of carbonyl (C=O) groups is 12. The standard InChI is InChI=1S/C95H142N16O20/c1-18-62(8)84(74(125-16)54-79(116)109-45-27-35-73(109)87(126-17)63(9)88(118)100-64(10)86(117)66-28-20-19-21-29-66)107(14)92(122)81(60(4)5)104-91(121)83(61(6)7)108(15)94(124)131-57-65-36-38-68(39-37-65)101-89(119)71(33-26-43-98-93(96)123)102-90(120)80(59(2)3)103-76(113)42-46-127-48-50-129-52-53-130-51-49-128-47-44-97-75(112)40-41-78(115)110-55-67-30-22-23-31-69(67)85-82(70-32-24-25-34-72(70)110)105-106-111(85)56-77(114)99-58-95(11,12)13/h19-25,28-32,34,36-39,59-64,71,73-74,80-81,83-84,86-87,117H,18,26-27,33,35,40-58H2,1-17H3,(H,97,112)(H,99,114)(H,100,118)(H,101,119)(H,102,120)(H,103,113)(H,104,121)(H3,96,98,123)/t62-,63+,64+,71-,73-,74+,80-,81-,83-,84-,86+,87+/m0/s1. The lowest BCUT2D eigenvalue weighted by Crippen LogP contribution is -2.60. The van der Waals surface area contributed by atoms with E-state index in [0.29, 0.717) is 71.8 Å². The van der Waals surface area contributed by atoms with Gasteiger partial charge in [-0.15, -0.1) is 5.10 Å². The monoisotopic (exact) mass is 1830 g/mol. The second-order valence-electron chi connectivity index (χ2n) is 35.8. The molecule has 13 amide bonds. The van der Waals surface area contributed by atoms with Gasteiger partial charge in [0, 0.05) is 90.6 Å². The van der Waals surface area contributed by atoms with Gasteiger partial charge in [-0.1, -0.05) is 180 Å². The van der Waals surface area contributed by atoms with Gasteiger partial charge >= 0.3 is 12.1 Å². The molecule has 2 aliphatic heterocycles. The van der Waals surface area contributed by atoms with E-state index in [-0.39, 0.29) is 165 Å². The Kier molecular flexibility index (Phi) is 43.7. The number of aliphatic hydroxyl groups is 1. The van der Waals surface area contributed by atoms with E-state index in [1.807, 2.05) is 101 Å². The number of benzene rings is 4. The van der Waals surface area contributed by atoms with Crippen LogP contribution >= 0.6 is 0 Å². The normalized spacial score (nSPS) is 15.6. The molecule has 0 saturated carbocycles. The molecule has 1 saturated heterocycles. The summed E-state index contributed by atoms with van der Waals surface area (Å²) >= 11 is 0. The number of nitrogens with one attached hydrogen (secondary N) is 8. The average Bonchev–Trinajstić information content (AvgIpc) is 1.65. The first kappa shape index (κ1) is 107. The van der Waals surface area contributed by atoms with E-state index in [9.17, 15) is 62.6 Å². The highest BCUT2D eigenvalue weighted by atomic mass is 16.6. The summed E-state index contributed by atoms with van der Waals surface area (Å²) in [5.74, 6) is -6.27. The molecule has 3 heterocycles. The van der Waals surface area contributed by atoms with Crippen molar-refractivity contribution in [2.75, 3.05) is 118 Å². The summed E-state index contributed by atoms with van der Waals surface area (Å²) in [4.78, 5) is 171. The van der Waals surface area contributed by atoms with Crippen molar-refractivity contribution in [3.8, 4) is 22.5 Å². The molecule has 0 bridgehead atoms. The molecule has 0 radical (unpaired) electrons. The molecule has 0 unspecified atom stereocenters. The molecule has 12 atom stereocenters. The molecule has 2 aliphatic rings. The van der Waals surface area contributed by atoms with Gasteiger partial charge in [0.2, 0.25) is 59.1 Å². The fraction of sp³-hybridized carbons (Fsp3) is 0.600. The zero-order valence-corrected chi connectivity index (χ0v) is 79.4. The van der Waals surface area contributed by atoms with Gasteiger partial charge < -0.3 is 101 Å². The van der Waals surface area contributed by atoms with E-state index < -0.39 is 126 Å². The van der Waals surface area contributed by atoms with Crippen molar-refractivity contribution in [1.29, 1.82) is 0 Å². The Hall–Kier alpha value is -11.0. The fourth-order valence-electron chi connectivity index (χ4n) is 16.0. The number of likely N-dealkylation sites (N-methyl/N-ethyl adjacent to an activating group) is 2. The highest BCUT2D eigenvalue weighted by molar-refractivity contribution is 6.02. The van der Waals surface area contributed by atoms with Crippen molar-refractivity contribution in [3.63, 3.8) is 0 Å². The molecule has 11 N–H and O–H groups in total.